The van der Waals surface area contributed by atoms with Gasteiger partial charge in [-0.1, -0.05) is 60.7 Å². The number of piperidine rings is 3. The van der Waals surface area contributed by atoms with E-state index in [0.717, 1.165) is 49.2 Å². The summed E-state index contributed by atoms with van der Waals surface area (Å²) in [6.07, 6.45) is 1.90. The Morgan fingerprint density at radius 2 is 1.65 bits per heavy atom. The topological polar surface area (TPSA) is 189 Å². The molecule has 14 heteroatoms. The van der Waals surface area contributed by atoms with Crippen LogP contribution in [0.15, 0.2) is 108 Å². The van der Waals surface area contributed by atoms with Crippen LogP contribution < -0.4 is 20.9 Å². The number of nitrogens with zero attached hydrogens (tertiary/aromatic N) is 1. The maximum atomic E-state index is 13.2. The first kappa shape index (κ1) is 41.9. The SMILES string of the molecule is O=C(COC(=O)c1ccc(COc2cccc(C(NC(=O)OC3CN4CCC3CC4)c3ccccc3)c2)cc1)OCCCCNCC(O)c1ccc(O)c2[nH]c(=O)ccc12. The number of aromatic nitrogens is 1. The summed E-state index contributed by atoms with van der Waals surface area (Å²) in [6, 6.07) is 29.5. The lowest BCUT2D eigenvalue weighted by Crippen LogP contribution is -2.52. The zero-order valence-electron chi connectivity index (χ0n) is 33.2. The molecular weight excluding hydrogens is 769 g/mol. The lowest BCUT2D eigenvalue weighted by atomic mass is 9.86. The number of fused-ring (bicyclic) bond motifs is 4. The highest BCUT2D eigenvalue weighted by Crippen LogP contribution is 2.31. The number of hydrogen-bond acceptors (Lipinski definition) is 12. The Kier molecular flexibility index (Phi) is 14.1. The molecule has 8 rings (SSSR count). The number of rotatable bonds is 18. The van der Waals surface area contributed by atoms with Gasteiger partial charge in [-0.15, -0.1) is 0 Å². The van der Waals surface area contributed by atoms with Crippen molar-refractivity contribution in [1.29, 1.82) is 0 Å². The molecule has 1 aromatic heterocycles. The molecule has 314 valence electrons. The molecule has 3 atom stereocenters. The van der Waals surface area contributed by atoms with E-state index in [-0.39, 0.29) is 48.3 Å². The number of esters is 2. The van der Waals surface area contributed by atoms with Gasteiger partial charge in [0.15, 0.2) is 6.61 Å². The molecule has 3 fully saturated rings. The lowest BCUT2D eigenvalue weighted by molar-refractivity contribution is -0.147. The summed E-state index contributed by atoms with van der Waals surface area (Å²) >= 11 is 0. The average molecular weight is 819 g/mol. The van der Waals surface area contributed by atoms with E-state index >= 15 is 0 Å². The van der Waals surface area contributed by atoms with Crippen LogP contribution in [0.3, 0.4) is 0 Å². The molecule has 60 heavy (non-hydrogen) atoms. The van der Waals surface area contributed by atoms with Crippen LogP contribution in [0, 0.1) is 5.92 Å². The van der Waals surface area contributed by atoms with Crippen molar-refractivity contribution >= 4 is 28.9 Å². The predicted molar refractivity (Wildman–Crippen MR) is 223 cm³/mol. The smallest absolute Gasteiger partial charge is 0.408 e. The third kappa shape index (κ3) is 11.1. The zero-order chi connectivity index (χ0) is 41.8. The summed E-state index contributed by atoms with van der Waals surface area (Å²) in [4.78, 5) is 54.6. The van der Waals surface area contributed by atoms with Crippen molar-refractivity contribution in [3.8, 4) is 11.5 Å². The summed E-state index contributed by atoms with van der Waals surface area (Å²) in [7, 11) is 0. The summed E-state index contributed by atoms with van der Waals surface area (Å²) in [6.45, 7) is 3.55. The van der Waals surface area contributed by atoms with Crippen molar-refractivity contribution in [2.24, 2.45) is 5.92 Å². The van der Waals surface area contributed by atoms with Gasteiger partial charge in [-0.25, -0.2) is 14.4 Å². The molecule has 5 N–H and O–H groups in total. The normalized spacial score (nSPS) is 18.0. The molecular formula is C46H50N4O10. The lowest BCUT2D eigenvalue weighted by Gasteiger charge is -2.43. The average Bonchev–Trinajstić information content (AvgIpc) is 3.27. The molecule has 0 radical (unpaired) electrons. The van der Waals surface area contributed by atoms with Crippen LogP contribution in [0.2, 0.25) is 0 Å². The number of pyridine rings is 1. The molecule has 0 saturated carbocycles. The number of aromatic amines is 1. The number of hydrogen-bond donors (Lipinski definition) is 5. The molecule has 3 aliphatic rings. The van der Waals surface area contributed by atoms with Crippen LogP contribution in [-0.2, 0) is 25.6 Å². The fraction of sp³-hybridized carbons (Fsp3) is 0.348. The van der Waals surface area contributed by atoms with Gasteiger partial charge in [0.25, 0.3) is 0 Å². The number of nitrogens with one attached hydrogen (secondary N) is 3. The number of amides is 1. The second kappa shape index (κ2) is 20.2. The minimum absolute atomic E-state index is 0.0740. The van der Waals surface area contributed by atoms with Gasteiger partial charge < -0.3 is 44.8 Å². The van der Waals surface area contributed by atoms with Crippen LogP contribution in [0.5, 0.6) is 11.5 Å². The summed E-state index contributed by atoms with van der Waals surface area (Å²) in [5.41, 5.74) is 3.33. The molecule has 3 saturated heterocycles. The van der Waals surface area contributed by atoms with E-state index in [1.807, 2.05) is 54.6 Å². The number of phenolic OH excluding ortho intramolecular Hbond substituents is 1. The number of ether oxygens (including phenoxy) is 4. The fourth-order valence-corrected chi connectivity index (χ4v) is 7.71. The first-order valence-corrected chi connectivity index (χ1v) is 20.3. The van der Waals surface area contributed by atoms with Crippen molar-refractivity contribution in [1.82, 2.24) is 20.5 Å². The van der Waals surface area contributed by atoms with E-state index in [4.69, 9.17) is 18.9 Å². The van der Waals surface area contributed by atoms with Gasteiger partial charge >= 0.3 is 18.0 Å². The highest BCUT2D eigenvalue weighted by atomic mass is 16.6. The number of aliphatic hydroxyl groups excluding tert-OH is 1. The highest BCUT2D eigenvalue weighted by molar-refractivity contribution is 5.90. The largest absolute Gasteiger partial charge is 0.506 e. The number of benzene rings is 4. The monoisotopic (exact) mass is 818 g/mol. The minimum atomic E-state index is -0.874. The van der Waals surface area contributed by atoms with Gasteiger partial charge in [0.1, 0.15) is 24.2 Å². The van der Waals surface area contributed by atoms with E-state index in [1.54, 1.807) is 36.4 Å². The van der Waals surface area contributed by atoms with Gasteiger partial charge in [0.05, 0.1) is 29.8 Å². The standard InChI is InChI=1S/C46H50N4O10/c51-38-17-15-36(37-16-18-41(53)48-44(37)38)39(52)26-47-21-4-5-24-57-42(54)29-59-45(55)33-13-11-30(12-14-33)28-58-35-10-6-9-34(25-35)43(32-7-2-1-3-8-32)49-46(56)60-40-27-50-22-19-31(40)20-23-50/h1-3,6-18,25,31,39-40,43,47,51-52H,4-5,19-24,26-29H2,(H,48,53)(H,49,56). The zero-order valence-corrected chi connectivity index (χ0v) is 33.2. The quantitative estimate of drug-likeness (QED) is 0.0424. The number of unbranched alkanes of at least 4 members (excludes halogenated alkanes) is 1. The van der Waals surface area contributed by atoms with Crippen molar-refractivity contribution in [3.63, 3.8) is 0 Å². The Balaban J connectivity index is 0.807. The van der Waals surface area contributed by atoms with Gasteiger partial charge in [-0.2, -0.15) is 0 Å². The molecule has 4 aromatic carbocycles. The number of aromatic hydroxyl groups is 1. The first-order valence-electron chi connectivity index (χ1n) is 20.3. The van der Waals surface area contributed by atoms with Crippen LogP contribution in [0.1, 0.15) is 70.4 Å². The summed E-state index contributed by atoms with van der Waals surface area (Å²) in [5.74, 6) is -0.379. The van der Waals surface area contributed by atoms with Gasteiger partial charge in [0.2, 0.25) is 5.56 Å². The first-order chi connectivity index (χ1) is 29.2. The van der Waals surface area contributed by atoms with Crippen molar-refractivity contribution in [3.05, 3.63) is 141 Å². The second-order valence-electron chi connectivity index (χ2n) is 15.1. The minimum Gasteiger partial charge on any atom is -0.506 e. The van der Waals surface area contributed by atoms with Crippen molar-refractivity contribution < 1.29 is 43.5 Å². The van der Waals surface area contributed by atoms with Crippen LogP contribution in [-0.4, -0.2) is 90.2 Å². The van der Waals surface area contributed by atoms with Gasteiger partial charge in [0, 0.05) is 24.5 Å². The molecule has 3 aliphatic heterocycles. The number of phenols is 1. The van der Waals surface area contributed by atoms with Crippen molar-refractivity contribution in [2.45, 2.75) is 50.5 Å². The molecule has 4 heterocycles. The highest BCUT2D eigenvalue weighted by Gasteiger charge is 2.37. The van der Waals surface area contributed by atoms with Crippen LogP contribution in [0.25, 0.3) is 10.9 Å². The Bertz CT molecular complexity index is 2290. The van der Waals surface area contributed by atoms with Crippen LogP contribution >= 0.6 is 0 Å². The number of carbonyl (C=O) groups excluding carboxylic acids is 3. The third-order valence-electron chi connectivity index (χ3n) is 11.0. The summed E-state index contributed by atoms with van der Waals surface area (Å²) in [5, 5.41) is 27.5. The van der Waals surface area contributed by atoms with E-state index in [1.165, 1.54) is 12.1 Å². The predicted octanol–water partition coefficient (Wildman–Crippen LogP) is 5.53. The van der Waals surface area contributed by atoms with E-state index in [0.29, 0.717) is 42.0 Å². The Morgan fingerprint density at radius 1 is 0.867 bits per heavy atom. The molecule has 0 spiro atoms. The third-order valence-corrected chi connectivity index (χ3v) is 11.0. The van der Waals surface area contributed by atoms with Gasteiger partial charge in [-0.3, -0.25) is 9.69 Å². The number of alkyl carbamates (subject to hydrolysis) is 1. The van der Waals surface area contributed by atoms with Gasteiger partial charge in [-0.05, 0) is 110 Å². The molecule has 5 aromatic rings. The summed E-state index contributed by atoms with van der Waals surface area (Å²) < 4.78 is 22.4. The number of aliphatic hydroxyl groups is 1. The van der Waals surface area contributed by atoms with E-state index in [2.05, 4.69) is 20.5 Å². The number of carbonyl (C=O) groups is 3. The second-order valence-corrected chi connectivity index (χ2v) is 15.1. The molecule has 14 nitrogen and oxygen atoms in total. The maximum absolute atomic E-state index is 13.2. The fourth-order valence-electron chi connectivity index (χ4n) is 7.71. The Labute approximate surface area is 347 Å². The van der Waals surface area contributed by atoms with E-state index < -0.39 is 36.8 Å². The Hall–Kier alpha value is -6.22. The molecule has 3 unspecified atom stereocenters. The molecule has 2 bridgehead atoms. The van der Waals surface area contributed by atoms with Crippen molar-refractivity contribution in [2.75, 3.05) is 45.9 Å². The molecule has 1 amide bonds. The van der Waals surface area contributed by atoms with E-state index in [9.17, 15) is 29.4 Å². The number of H-pyrrole nitrogens is 1. The Morgan fingerprint density at radius 3 is 2.42 bits per heavy atom. The molecule has 0 aliphatic carbocycles. The van der Waals surface area contributed by atoms with Crippen LogP contribution in [0.4, 0.5) is 4.79 Å². The maximum Gasteiger partial charge on any atom is 0.408 e.